The standard InChI is InChI=1S/C4H4N4O4S2/c9-5-1-2(6-10)14-4(8-12)3(7-11)13-1/h5,9,11-12H. The van der Waals surface area contributed by atoms with Crippen molar-refractivity contribution in [1.29, 1.82) is 0 Å². The molecule has 0 unspecified atom stereocenters. The first kappa shape index (κ1) is 10.6. The van der Waals surface area contributed by atoms with Gasteiger partial charge in [0.15, 0.2) is 19.3 Å². The van der Waals surface area contributed by atoms with Gasteiger partial charge >= 0.3 is 0 Å². The minimum atomic E-state index is -0.113. The van der Waals surface area contributed by atoms with E-state index in [1.165, 1.54) is 0 Å². The van der Waals surface area contributed by atoms with E-state index in [0.717, 1.165) is 0 Å². The van der Waals surface area contributed by atoms with E-state index in [1.54, 1.807) is 5.48 Å². The van der Waals surface area contributed by atoms with Gasteiger partial charge in [-0.1, -0.05) is 33.0 Å². The molecule has 1 heterocycles. The van der Waals surface area contributed by atoms with Crippen molar-refractivity contribution in [2.24, 2.45) is 15.5 Å². The third kappa shape index (κ3) is 1.86. The van der Waals surface area contributed by atoms with Gasteiger partial charge in [0.05, 0.1) is 0 Å². The van der Waals surface area contributed by atoms with Gasteiger partial charge in [0.2, 0.25) is 0 Å². The molecule has 1 aromatic rings. The van der Waals surface area contributed by atoms with Crippen molar-refractivity contribution in [2.45, 2.75) is 0 Å². The molecule has 76 valence electrons. The summed E-state index contributed by atoms with van der Waals surface area (Å²) in [6.45, 7) is 0. The Labute approximate surface area is 84.0 Å². The lowest BCUT2D eigenvalue weighted by Gasteiger charge is -1.97. The molecule has 0 bridgehead atoms. The highest BCUT2D eigenvalue weighted by molar-refractivity contribution is 7.22. The van der Waals surface area contributed by atoms with Gasteiger partial charge in [-0.25, -0.2) is 0 Å². The zero-order valence-electron chi connectivity index (χ0n) is 6.41. The van der Waals surface area contributed by atoms with E-state index in [4.69, 9.17) is 15.6 Å². The maximum atomic E-state index is 10.3. The molecule has 0 amide bonds. The molecule has 0 aliphatic carbocycles. The van der Waals surface area contributed by atoms with Gasteiger partial charge in [-0.3, -0.25) is 10.7 Å². The Kier molecular flexibility index (Phi) is 3.50. The van der Waals surface area contributed by atoms with Crippen LogP contribution in [0.25, 0.3) is 0 Å². The van der Waals surface area contributed by atoms with E-state index >= 15 is 0 Å². The average molecular weight is 236 g/mol. The topological polar surface area (TPSA) is 127 Å². The van der Waals surface area contributed by atoms with Gasteiger partial charge in [0, 0.05) is 0 Å². The van der Waals surface area contributed by atoms with E-state index < -0.39 is 0 Å². The number of rotatable bonds is 2. The first-order valence-electron chi connectivity index (χ1n) is 3.04. The maximum absolute atomic E-state index is 10.3. The zero-order chi connectivity index (χ0) is 10.6. The summed E-state index contributed by atoms with van der Waals surface area (Å²) in [4.78, 5) is 10.3. The molecule has 0 spiro atoms. The van der Waals surface area contributed by atoms with Crippen LogP contribution in [0.2, 0.25) is 0 Å². The van der Waals surface area contributed by atoms with Crippen molar-refractivity contribution < 1.29 is 15.6 Å². The quantitative estimate of drug-likeness (QED) is 0.339. The summed E-state index contributed by atoms with van der Waals surface area (Å²) in [6, 6.07) is 0. The summed E-state index contributed by atoms with van der Waals surface area (Å²) in [7, 11) is 0. The normalized spacial score (nSPS) is 12.9. The van der Waals surface area contributed by atoms with Gasteiger partial charge in [0.25, 0.3) is 0 Å². The minimum absolute atomic E-state index is 0.00481. The first-order chi connectivity index (χ1) is 6.76. The SMILES string of the molecule is O=Nc1sc(=NO)c(=NO)sc1NO. The molecular weight excluding hydrogens is 232 g/mol. The Morgan fingerprint density at radius 2 is 1.71 bits per heavy atom. The third-order valence-electron chi connectivity index (χ3n) is 1.14. The fourth-order valence-corrected chi connectivity index (χ4v) is 2.18. The van der Waals surface area contributed by atoms with Crippen molar-refractivity contribution >= 4 is 32.7 Å². The van der Waals surface area contributed by atoms with Crippen molar-refractivity contribution in [3.63, 3.8) is 0 Å². The third-order valence-corrected chi connectivity index (χ3v) is 3.29. The Balaban J connectivity index is 3.61. The molecule has 4 N–H and O–H groups in total. The summed E-state index contributed by atoms with van der Waals surface area (Å²) >= 11 is 1.37. The molecule has 1 rings (SSSR count). The molecular formula is C4H4N4O4S2. The molecule has 0 saturated heterocycles. The van der Waals surface area contributed by atoms with Gasteiger partial charge in [-0.2, -0.15) is 0 Å². The van der Waals surface area contributed by atoms with Crippen LogP contribution < -0.4 is 14.8 Å². The fraction of sp³-hybridized carbons (Fsp3) is 0. The summed E-state index contributed by atoms with van der Waals surface area (Å²) in [5, 5.41) is 33.6. The Bertz CT molecular complexity index is 463. The monoisotopic (exact) mass is 236 g/mol. The lowest BCUT2D eigenvalue weighted by Crippen LogP contribution is -2.20. The molecule has 0 saturated carbocycles. The molecule has 0 fully saturated rings. The van der Waals surface area contributed by atoms with Crippen LogP contribution in [0.15, 0.2) is 15.5 Å². The zero-order valence-corrected chi connectivity index (χ0v) is 8.04. The minimum Gasteiger partial charge on any atom is -0.410 e. The summed E-state index contributed by atoms with van der Waals surface area (Å²) in [5.41, 5.74) is 1.71. The van der Waals surface area contributed by atoms with Crippen LogP contribution in [0, 0.1) is 4.91 Å². The smallest absolute Gasteiger partial charge is 0.198 e. The van der Waals surface area contributed by atoms with E-state index in [-0.39, 0.29) is 19.3 Å². The van der Waals surface area contributed by atoms with Crippen LogP contribution in [-0.4, -0.2) is 15.6 Å². The molecule has 0 atom stereocenters. The van der Waals surface area contributed by atoms with Crippen molar-refractivity contribution in [2.75, 3.05) is 5.48 Å². The Morgan fingerprint density at radius 1 is 1.14 bits per heavy atom. The van der Waals surface area contributed by atoms with Gasteiger partial charge in [0.1, 0.15) is 0 Å². The van der Waals surface area contributed by atoms with E-state index in [9.17, 15) is 4.91 Å². The highest BCUT2D eigenvalue weighted by Crippen LogP contribution is 2.27. The van der Waals surface area contributed by atoms with Crippen LogP contribution in [0.5, 0.6) is 0 Å². The summed E-state index contributed by atoms with van der Waals surface area (Å²) in [6.07, 6.45) is 0. The highest BCUT2D eigenvalue weighted by atomic mass is 32.1. The predicted octanol–water partition coefficient (Wildman–Crippen LogP) is 0.588. The molecule has 0 aliphatic heterocycles. The summed E-state index contributed by atoms with van der Waals surface area (Å²) in [5.74, 6) is 0. The van der Waals surface area contributed by atoms with Crippen LogP contribution in [0.3, 0.4) is 0 Å². The number of hydrogen-bond donors (Lipinski definition) is 4. The first-order valence-corrected chi connectivity index (χ1v) is 4.68. The number of nitrogens with one attached hydrogen (secondary N) is 1. The lowest BCUT2D eigenvalue weighted by atomic mass is 10.8. The van der Waals surface area contributed by atoms with E-state index in [1.807, 2.05) is 0 Å². The second-order valence-corrected chi connectivity index (χ2v) is 3.83. The van der Waals surface area contributed by atoms with Crippen LogP contribution >= 0.6 is 22.7 Å². The summed E-state index contributed by atoms with van der Waals surface area (Å²) < 4.78 is -0.132. The second-order valence-electron chi connectivity index (χ2n) is 1.85. The molecule has 10 heteroatoms. The number of hydrogen-bond acceptors (Lipinski definition) is 10. The molecule has 1 aromatic heterocycles. The van der Waals surface area contributed by atoms with E-state index in [0.29, 0.717) is 22.7 Å². The molecule has 0 aliphatic rings. The van der Waals surface area contributed by atoms with Gasteiger partial charge in [-0.05, 0) is 5.18 Å². The largest absolute Gasteiger partial charge is 0.410 e. The number of nitrogens with zero attached hydrogens (tertiary/aromatic N) is 3. The molecule has 14 heavy (non-hydrogen) atoms. The van der Waals surface area contributed by atoms with Crippen LogP contribution in [-0.2, 0) is 0 Å². The maximum Gasteiger partial charge on any atom is 0.198 e. The predicted molar refractivity (Wildman–Crippen MR) is 47.8 cm³/mol. The highest BCUT2D eigenvalue weighted by Gasteiger charge is 2.06. The van der Waals surface area contributed by atoms with E-state index in [2.05, 4.69) is 15.5 Å². The van der Waals surface area contributed by atoms with Gasteiger partial charge < -0.3 is 10.4 Å². The average Bonchev–Trinajstić information content (AvgIpc) is 2.26. The molecule has 0 radical (unpaired) electrons. The fourth-order valence-electron chi connectivity index (χ4n) is 0.623. The van der Waals surface area contributed by atoms with Crippen molar-refractivity contribution in [1.82, 2.24) is 0 Å². The molecule has 0 aromatic carbocycles. The van der Waals surface area contributed by atoms with Crippen molar-refractivity contribution in [3.8, 4) is 0 Å². The molecule has 8 nitrogen and oxygen atoms in total. The Hall–Kier alpha value is -1.52. The Morgan fingerprint density at radius 3 is 2.14 bits per heavy atom. The van der Waals surface area contributed by atoms with Crippen molar-refractivity contribution in [3.05, 3.63) is 14.2 Å². The number of nitroso groups, excluding NO2 is 1. The second kappa shape index (κ2) is 4.64. The van der Waals surface area contributed by atoms with Crippen LogP contribution in [0.4, 0.5) is 10.0 Å². The van der Waals surface area contributed by atoms with Gasteiger partial charge in [-0.15, -0.1) is 4.91 Å². The number of anilines is 1. The lowest BCUT2D eigenvalue weighted by molar-refractivity contribution is 0.291. The van der Waals surface area contributed by atoms with Crippen LogP contribution in [0.1, 0.15) is 0 Å².